The summed E-state index contributed by atoms with van der Waals surface area (Å²) in [5, 5.41) is 0.461. The number of carbonyl (C=O) groups is 1. The Bertz CT molecular complexity index is 1170. The molecule has 0 bridgehead atoms. The average Bonchev–Trinajstić information content (AvgIpc) is 3.10. The van der Waals surface area contributed by atoms with Crippen LogP contribution in [-0.4, -0.2) is 25.6 Å². The minimum Gasteiger partial charge on any atom is -0.398 e. The van der Waals surface area contributed by atoms with E-state index in [0.717, 1.165) is 11.3 Å². The zero-order chi connectivity index (χ0) is 16.0. The number of fused-ring (bicyclic) bond motifs is 2. The summed E-state index contributed by atoms with van der Waals surface area (Å²) in [6.45, 7) is 0. The number of imidazole rings is 1. The van der Waals surface area contributed by atoms with Crippen LogP contribution in [0.2, 0.25) is 0 Å². The maximum Gasteiger partial charge on any atom is 0.426 e. The third kappa shape index (κ3) is 2.23. The van der Waals surface area contributed by atoms with E-state index in [1.54, 1.807) is 18.2 Å². The van der Waals surface area contributed by atoms with Crippen molar-refractivity contribution < 1.29 is 9.53 Å². The zero-order valence-corrected chi connectivity index (χ0v) is 12.2. The van der Waals surface area contributed by atoms with Crippen LogP contribution in [0.4, 0.5) is 4.79 Å². The van der Waals surface area contributed by atoms with Gasteiger partial charge in [-0.2, -0.15) is 0 Å². The lowest BCUT2D eigenvalue weighted by Gasteiger charge is -2.02. The lowest BCUT2D eigenvalue weighted by molar-refractivity contribution is 0.204. The molecule has 0 radical (unpaired) electrons. The number of aromatic amines is 2. The van der Waals surface area contributed by atoms with Gasteiger partial charge in [0, 0.05) is 6.07 Å². The number of benzene rings is 1. The van der Waals surface area contributed by atoms with Gasteiger partial charge in [0.05, 0.1) is 16.4 Å². The third-order valence-corrected chi connectivity index (χ3v) is 4.17. The van der Waals surface area contributed by atoms with Gasteiger partial charge in [-0.25, -0.2) is 19.1 Å². The van der Waals surface area contributed by atoms with E-state index in [1.165, 1.54) is 17.0 Å². The molecule has 0 aliphatic heterocycles. The standard InChI is InChI=1S/C14H8N4O4S/c19-11-7-5-10(23-12(7)17-13(20)16-11)22-14(21)18-6-15-8-3-1-2-4-9(8)18/h1-6H,(H2,16,17,19,20). The van der Waals surface area contributed by atoms with Gasteiger partial charge in [-0.05, 0) is 12.1 Å². The molecule has 23 heavy (non-hydrogen) atoms. The molecule has 0 saturated heterocycles. The number of para-hydroxylation sites is 2. The molecule has 1 aromatic carbocycles. The van der Waals surface area contributed by atoms with Gasteiger partial charge in [-0.3, -0.25) is 14.8 Å². The quantitative estimate of drug-likeness (QED) is 0.552. The molecular formula is C14H8N4O4S. The van der Waals surface area contributed by atoms with E-state index >= 15 is 0 Å². The smallest absolute Gasteiger partial charge is 0.398 e. The summed E-state index contributed by atoms with van der Waals surface area (Å²) in [5.74, 6) is 0. The van der Waals surface area contributed by atoms with E-state index in [4.69, 9.17) is 4.74 Å². The molecule has 0 spiro atoms. The van der Waals surface area contributed by atoms with Crippen LogP contribution in [0.15, 0.2) is 46.2 Å². The summed E-state index contributed by atoms with van der Waals surface area (Å²) < 4.78 is 6.54. The number of hydrogen-bond acceptors (Lipinski definition) is 6. The fraction of sp³-hybridized carbons (Fsp3) is 0. The van der Waals surface area contributed by atoms with Gasteiger partial charge in [-0.1, -0.05) is 23.5 Å². The van der Waals surface area contributed by atoms with E-state index < -0.39 is 17.3 Å². The monoisotopic (exact) mass is 328 g/mol. The first kappa shape index (κ1) is 13.5. The van der Waals surface area contributed by atoms with Gasteiger partial charge in [0.25, 0.3) is 5.56 Å². The summed E-state index contributed by atoms with van der Waals surface area (Å²) >= 11 is 1.00. The van der Waals surface area contributed by atoms with E-state index in [9.17, 15) is 14.4 Å². The summed E-state index contributed by atoms with van der Waals surface area (Å²) in [4.78, 5) is 44.2. The lowest BCUT2D eigenvalue weighted by atomic mass is 10.3. The van der Waals surface area contributed by atoms with Crippen LogP contribution in [0.25, 0.3) is 21.3 Å². The lowest BCUT2D eigenvalue weighted by Crippen LogP contribution is -2.20. The molecule has 3 aromatic heterocycles. The summed E-state index contributed by atoms with van der Waals surface area (Å²) in [5.41, 5.74) is 0.143. The number of rotatable bonds is 1. The van der Waals surface area contributed by atoms with Crippen molar-refractivity contribution >= 4 is 38.7 Å². The van der Waals surface area contributed by atoms with Crippen molar-refractivity contribution in [2.45, 2.75) is 0 Å². The largest absolute Gasteiger partial charge is 0.426 e. The van der Waals surface area contributed by atoms with E-state index in [-0.39, 0.29) is 10.4 Å². The maximum atomic E-state index is 12.3. The van der Waals surface area contributed by atoms with Crippen molar-refractivity contribution in [3.63, 3.8) is 0 Å². The molecule has 114 valence electrons. The summed E-state index contributed by atoms with van der Waals surface area (Å²) in [7, 11) is 0. The molecule has 0 fully saturated rings. The molecule has 0 saturated carbocycles. The molecule has 4 rings (SSSR count). The Morgan fingerprint density at radius 2 is 2.04 bits per heavy atom. The van der Waals surface area contributed by atoms with Crippen molar-refractivity contribution in [3.8, 4) is 5.06 Å². The number of ether oxygens (including phenoxy) is 1. The predicted octanol–water partition coefficient (Wildman–Crippen LogP) is 1.67. The predicted molar refractivity (Wildman–Crippen MR) is 84.2 cm³/mol. The Labute approximate surface area is 131 Å². The first-order chi connectivity index (χ1) is 11.1. The number of carbonyl (C=O) groups excluding carboxylic acids is 1. The molecule has 9 heteroatoms. The Hall–Kier alpha value is -3.20. The number of thiophene rings is 1. The second kappa shape index (κ2) is 4.92. The highest BCUT2D eigenvalue weighted by molar-refractivity contribution is 7.20. The molecule has 8 nitrogen and oxygen atoms in total. The fourth-order valence-electron chi connectivity index (χ4n) is 2.22. The second-order valence-corrected chi connectivity index (χ2v) is 5.70. The van der Waals surface area contributed by atoms with Crippen LogP contribution < -0.4 is 16.0 Å². The molecule has 2 N–H and O–H groups in total. The molecular weight excluding hydrogens is 320 g/mol. The highest BCUT2D eigenvalue weighted by Crippen LogP contribution is 2.28. The highest BCUT2D eigenvalue weighted by Gasteiger charge is 2.15. The van der Waals surface area contributed by atoms with Gasteiger partial charge in [-0.15, -0.1) is 0 Å². The third-order valence-electron chi connectivity index (χ3n) is 3.25. The Morgan fingerprint density at radius 1 is 1.22 bits per heavy atom. The van der Waals surface area contributed by atoms with Gasteiger partial charge in [0.15, 0.2) is 5.06 Å². The van der Waals surface area contributed by atoms with Crippen LogP contribution in [-0.2, 0) is 0 Å². The highest BCUT2D eigenvalue weighted by atomic mass is 32.1. The Balaban J connectivity index is 1.73. The molecule has 0 amide bonds. The van der Waals surface area contributed by atoms with E-state index in [2.05, 4.69) is 15.0 Å². The van der Waals surface area contributed by atoms with E-state index in [1.807, 2.05) is 6.07 Å². The summed E-state index contributed by atoms with van der Waals surface area (Å²) in [6.07, 6.45) is 0.721. The number of nitrogens with one attached hydrogen (secondary N) is 2. The number of aromatic nitrogens is 4. The number of H-pyrrole nitrogens is 2. The van der Waals surface area contributed by atoms with Gasteiger partial charge in [0.2, 0.25) is 0 Å². The topological polar surface area (TPSA) is 110 Å². The molecule has 3 heterocycles. The molecule has 0 unspecified atom stereocenters. The SMILES string of the molecule is O=C(Oc1cc2c(=O)[nH]c(=O)[nH]c2s1)n1cnc2ccccc21. The van der Waals surface area contributed by atoms with Crippen molar-refractivity contribution in [1.82, 2.24) is 19.5 Å². The molecule has 0 aliphatic rings. The Morgan fingerprint density at radius 3 is 2.91 bits per heavy atom. The van der Waals surface area contributed by atoms with Crippen LogP contribution in [0, 0.1) is 0 Å². The molecule has 4 aromatic rings. The van der Waals surface area contributed by atoms with Crippen molar-refractivity contribution in [2.75, 3.05) is 0 Å². The fourth-order valence-corrected chi connectivity index (χ4v) is 3.12. The van der Waals surface area contributed by atoms with Crippen LogP contribution in [0.5, 0.6) is 5.06 Å². The average molecular weight is 328 g/mol. The number of hydrogen-bond donors (Lipinski definition) is 2. The second-order valence-electron chi connectivity index (χ2n) is 4.69. The van der Waals surface area contributed by atoms with Crippen molar-refractivity contribution in [2.24, 2.45) is 0 Å². The van der Waals surface area contributed by atoms with Crippen LogP contribution >= 0.6 is 11.3 Å². The first-order valence-corrected chi connectivity index (χ1v) is 7.34. The zero-order valence-electron chi connectivity index (χ0n) is 11.4. The molecule has 0 aliphatic carbocycles. The van der Waals surface area contributed by atoms with E-state index in [0.29, 0.717) is 15.9 Å². The first-order valence-electron chi connectivity index (χ1n) is 6.52. The maximum absolute atomic E-state index is 12.3. The van der Waals surface area contributed by atoms with Crippen LogP contribution in [0.3, 0.4) is 0 Å². The summed E-state index contributed by atoms with van der Waals surface area (Å²) in [6, 6.07) is 8.54. The van der Waals surface area contributed by atoms with Crippen molar-refractivity contribution in [3.05, 3.63) is 57.5 Å². The normalized spacial score (nSPS) is 11.1. The van der Waals surface area contributed by atoms with Gasteiger partial charge < -0.3 is 4.74 Å². The van der Waals surface area contributed by atoms with Gasteiger partial charge >= 0.3 is 11.8 Å². The minimum absolute atomic E-state index is 0.204. The number of nitrogens with zero attached hydrogens (tertiary/aromatic N) is 2. The Kier molecular flexibility index (Phi) is 2.88. The van der Waals surface area contributed by atoms with Crippen LogP contribution in [0.1, 0.15) is 0 Å². The molecule has 0 atom stereocenters. The minimum atomic E-state index is -0.649. The van der Waals surface area contributed by atoms with Crippen molar-refractivity contribution in [1.29, 1.82) is 0 Å². The van der Waals surface area contributed by atoms with Gasteiger partial charge in [0.1, 0.15) is 11.2 Å².